The van der Waals surface area contributed by atoms with Gasteiger partial charge in [-0.25, -0.2) is 0 Å². The number of aliphatic imine (C=N–C) groups is 1. The highest BCUT2D eigenvalue weighted by Crippen LogP contribution is 2.30. The summed E-state index contributed by atoms with van der Waals surface area (Å²) in [7, 11) is 1.73. The molecule has 31 heavy (non-hydrogen) atoms. The molecule has 2 fully saturated rings. The SMILES string of the molecule is CCNC(=NCC1CN(CC(C)C)CCO1)NC1CCN(c2ccccc2OC)C1.I. The van der Waals surface area contributed by atoms with E-state index in [1.54, 1.807) is 7.11 Å². The van der Waals surface area contributed by atoms with Gasteiger partial charge in [-0.05, 0) is 31.4 Å². The summed E-state index contributed by atoms with van der Waals surface area (Å²) in [5.41, 5.74) is 1.16. The fourth-order valence-corrected chi connectivity index (χ4v) is 4.27. The lowest BCUT2D eigenvalue weighted by atomic mass is 10.2. The van der Waals surface area contributed by atoms with Gasteiger partial charge in [0.25, 0.3) is 0 Å². The number of ether oxygens (including phenoxy) is 2. The van der Waals surface area contributed by atoms with Crippen LogP contribution in [0.2, 0.25) is 0 Å². The Morgan fingerprint density at radius 2 is 2.06 bits per heavy atom. The number of hydrogen-bond acceptors (Lipinski definition) is 5. The number of morpholine rings is 1. The zero-order chi connectivity index (χ0) is 21.3. The predicted octanol–water partition coefficient (Wildman–Crippen LogP) is 2.80. The monoisotopic (exact) mass is 545 g/mol. The zero-order valence-electron chi connectivity index (χ0n) is 19.5. The van der Waals surface area contributed by atoms with Crippen molar-refractivity contribution in [2.45, 2.75) is 39.3 Å². The molecule has 2 N–H and O–H groups in total. The molecule has 2 atom stereocenters. The minimum Gasteiger partial charge on any atom is -0.495 e. The van der Waals surface area contributed by atoms with Crippen LogP contribution in [0.4, 0.5) is 5.69 Å². The molecule has 0 radical (unpaired) electrons. The zero-order valence-corrected chi connectivity index (χ0v) is 21.8. The average molecular weight is 546 g/mol. The van der Waals surface area contributed by atoms with Crippen LogP contribution in [-0.2, 0) is 4.74 Å². The molecule has 0 saturated carbocycles. The molecule has 2 aliphatic heterocycles. The molecule has 1 aromatic carbocycles. The smallest absolute Gasteiger partial charge is 0.191 e. The van der Waals surface area contributed by atoms with E-state index in [1.165, 1.54) is 0 Å². The highest BCUT2D eigenvalue weighted by Gasteiger charge is 2.26. The Bertz CT molecular complexity index is 688. The van der Waals surface area contributed by atoms with Crippen LogP contribution in [0, 0.1) is 5.92 Å². The van der Waals surface area contributed by atoms with Crippen LogP contribution in [0.25, 0.3) is 0 Å². The number of nitrogens with one attached hydrogen (secondary N) is 2. The molecule has 0 aliphatic carbocycles. The standard InChI is InChI=1S/C23H39N5O2.HI/c1-5-24-23(25-14-20-17-27(12-13-30-20)15-18(2)3)26-19-10-11-28(16-19)21-8-6-7-9-22(21)29-4;/h6-9,18-20H,5,10-17H2,1-4H3,(H2,24,25,26);1H. The van der Waals surface area contributed by atoms with Gasteiger partial charge in [-0.2, -0.15) is 0 Å². The molecule has 0 aromatic heterocycles. The fraction of sp³-hybridized carbons (Fsp3) is 0.696. The Kier molecular flexibility index (Phi) is 11.2. The lowest BCUT2D eigenvalue weighted by molar-refractivity contribution is -0.0262. The summed E-state index contributed by atoms with van der Waals surface area (Å²) in [4.78, 5) is 9.73. The fourth-order valence-electron chi connectivity index (χ4n) is 4.27. The van der Waals surface area contributed by atoms with Gasteiger partial charge in [0.05, 0.1) is 32.1 Å². The van der Waals surface area contributed by atoms with Crippen molar-refractivity contribution in [1.29, 1.82) is 0 Å². The van der Waals surface area contributed by atoms with E-state index in [4.69, 9.17) is 14.5 Å². The summed E-state index contributed by atoms with van der Waals surface area (Å²) in [6, 6.07) is 8.59. The van der Waals surface area contributed by atoms with Crippen LogP contribution in [-0.4, -0.2) is 82.5 Å². The van der Waals surface area contributed by atoms with Gasteiger partial charge in [-0.1, -0.05) is 26.0 Å². The van der Waals surface area contributed by atoms with E-state index in [-0.39, 0.29) is 30.1 Å². The molecule has 2 aliphatic rings. The van der Waals surface area contributed by atoms with Crippen molar-refractivity contribution in [1.82, 2.24) is 15.5 Å². The quantitative estimate of drug-likeness (QED) is 0.298. The molecular weight excluding hydrogens is 505 g/mol. The van der Waals surface area contributed by atoms with Gasteiger partial charge in [-0.3, -0.25) is 9.89 Å². The summed E-state index contributed by atoms with van der Waals surface area (Å²) < 4.78 is 11.5. The van der Waals surface area contributed by atoms with Crippen molar-refractivity contribution < 1.29 is 9.47 Å². The summed E-state index contributed by atoms with van der Waals surface area (Å²) >= 11 is 0. The normalized spacial score (nSPS) is 22.4. The van der Waals surface area contributed by atoms with Gasteiger partial charge >= 0.3 is 0 Å². The van der Waals surface area contributed by atoms with E-state index < -0.39 is 0 Å². The average Bonchev–Trinajstić information content (AvgIpc) is 3.20. The van der Waals surface area contributed by atoms with Gasteiger partial charge in [0, 0.05) is 45.3 Å². The minimum atomic E-state index is 0. The molecule has 8 heteroatoms. The van der Waals surface area contributed by atoms with Crippen molar-refractivity contribution in [2.75, 3.05) is 64.4 Å². The maximum absolute atomic E-state index is 5.96. The number of para-hydroxylation sites is 2. The maximum atomic E-state index is 5.96. The molecule has 176 valence electrons. The Morgan fingerprint density at radius 3 is 2.81 bits per heavy atom. The van der Waals surface area contributed by atoms with Crippen molar-refractivity contribution in [2.24, 2.45) is 10.9 Å². The van der Waals surface area contributed by atoms with E-state index in [2.05, 4.69) is 53.3 Å². The van der Waals surface area contributed by atoms with Gasteiger partial charge in [0.1, 0.15) is 5.75 Å². The first-order valence-corrected chi connectivity index (χ1v) is 11.4. The third kappa shape index (κ3) is 7.98. The first kappa shape index (κ1) is 26.0. The molecular formula is C23H40IN5O2. The van der Waals surface area contributed by atoms with Gasteiger partial charge in [-0.15, -0.1) is 24.0 Å². The number of anilines is 1. The van der Waals surface area contributed by atoms with Gasteiger partial charge in [0.15, 0.2) is 5.96 Å². The number of guanidine groups is 1. The van der Waals surface area contributed by atoms with Crippen molar-refractivity contribution >= 4 is 35.6 Å². The van der Waals surface area contributed by atoms with Crippen LogP contribution in [0.15, 0.2) is 29.3 Å². The van der Waals surface area contributed by atoms with E-state index in [1.807, 2.05) is 12.1 Å². The second kappa shape index (κ2) is 13.3. The van der Waals surface area contributed by atoms with Crippen LogP contribution >= 0.6 is 24.0 Å². The summed E-state index contributed by atoms with van der Waals surface area (Å²) in [6.45, 7) is 14.0. The molecule has 0 bridgehead atoms. The Hall–Kier alpha value is -1.26. The number of hydrogen-bond donors (Lipinski definition) is 2. The van der Waals surface area contributed by atoms with E-state index in [0.29, 0.717) is 18.5 Å². The van der Waals surface area contributed by atoms with Crippen molar-refractivity contribution in [3.63, 3.8) is 0 Å². The maximum Gasteiger partial charge on any atom is 0.191 e. The van der Waals surface area contributed by atoms with Crippen LogP contribution in [0.5, 0.6) is 5.75 Å². The van der Waals surface area contributed by atoms with Gasteiger partial charge in [0.2, 0.25) is 0 Å². The molecule has 2 heterocycles. The first-order valence-electron chi connectivity index (χ1n) is 11.4. The highest BCUT2D eigenvalue weighted by atomic mass is 127. The number of rotatable bonds is 8. The summed E-state index contributed by atoms with van der Waals surface area (Å²) in [6.07, 6.45) is 1.24. The number of benzene rings is 1. The van der Waals surface area contributed by atoms with Gasteiger partial charge < -0.3 is 25.0 Å². The van der Waals surface area contributed by atoms with Crippen LogP contribution < -0.4 is 20.3 Å². The third-order valence-electron chi connectivity index (χ3n) is 5.60. The largest absolute Gasteiger partial charge is 0.495 e. The molecule has 1 aromatic rings. The lowest BCUT2D eigenvalue weighted by Crippen LogP contribution is -2.47. The van der Waals surface area contributed by atoms with Crippen LogP contribution in [0.3, 0.4) is 0 Å². The number of methoxy groups -OCH3 is 1. The summed E-state index contributed by atoms with van der Waals surface area (Å²) in [5.74, 6) is 2.49. The van der Waals surface area contributed by atoms with Crippen molar-refractivity contribution in [3.05, 3.63) is 24.3 Å². The Morgan fingerprint density at radius 1 is 1.26 bits per heavy atom. The summed E-state index contributed by atoms with van der Waals surface area (Å²) in [5, 5.41) is 7.02. The predicted molar refractivity (Wildman–Crippen MR) is 139 cm³/mol. The molecule has 3 rings (SSSR count). The van der Waals surface area contributed by atoms with Crippen molar-refractivity contribution in [3.8, 4) is 5.75 Å². The number of halogens is 1. The van der Waals surface area contributed by atoms with E-state index >= 15 is 0 Å². The molecule has 2 saturated heterocycles. The topological polar surface area (TPSA) is 61.4 Å². The Balaban J connectivity index is 0.00000341. The van der Waals surface area contributed by atoms with E-state index in [0.717, 1.165) is 69.7 Å². The third-order valence-corrected chi connectivity index (χ3v) is 5.60. The second-order valence-electron chi connectivity index (χ2n) is 8.61. The Labute approximate surface area is 205 Å². The molecule has 2 unspecified atom stereocenters. The molecule has 0 spiro atoms. The molecule has 0 amide bonds. The van der Waals surface area contributed by atoms with Crippen LogP contribution in [0.1, 0.15) is 27.2 Å². The molecule has 7 nitrogen and oxygen atoms in total. The lowest BCUT2D eigenvalue weighted by Gasteiger charge is -2.33. The number of nitrogens with zero attached hydrogens (tertiary/aromatic N) is 3. The second-order valence-corrected chi connectivity index (χ2v) is 8.61. The van der Waals surface area contributed by atoms with E-state index in [9.17, 15) is 0 Å². The first-order chi connectivity index (χ1) is 14.6. The minimum absolute atomic E-state index is 0. The highest BCUT2D eigenvalue weighted by molar-refractivity contribution is 14.0.